The van der Waals surface area contributed by atoms with Crippen LogP contribution in [0.5, 0.6) is 11.5 Å². The number of carboxylic acids is 1. The summed E-state index contributed by atoms with van der Waals surface area (Å²) in [5.74, 6) is -1.56. The summed E-state index contributed by atoms with van der Waals surface area (Å²) < 4.78 is 10.8. The van der Waals surface area contributed by atoms with Crippen LogP contribution >= 0.6 is 23.2 Å². The molecule has 0 heterocycles. The van der Waals surface area contributed by atoms with Crippen LogP contribution in [0.3, 0.4) is 0 Å². The van der Waals surface area contributed by atoms with Crippen LogP contribution in [0.1, 0.15) is 18.1 Å². The van der Waals surface area contributed by atoms with Crippen LogP contribution in [0, 0.1) is 0 Å². The Morgan fingerprint density at radius 3 is 2.47 bits per heavy atom. The summed E-state index contributed by atoms with van der Waals surface area (Å²) >= 11 is 12.0. The van der Waals surface area contributed by atoms with Gasteiger partial charge in [-0.2, -0.15) is 5.10 Å². The minimum Gasteiger partial charge on any atom is -0.482 e. The Balaban J connectivity index is 1.67. The molecule has 0 aromatic heterocycles. The molecule has 0 aliphatic heterocycles. The Bertz CT molecular complexity index is 1300. The molecule has 2 atom stereocenters. The van der Waals surface area contributed by atoms with Gasteiger partial charge in [-0.05, 0) is 48.4 Å². The largest absolute Gasteiger partial charge is 0.482 e. The fourth-order valence-electron chi connectivity index (χ4n) is 3.24. The summed E-state index contributed by atoms with van der Waals surface area (Å²) in [6, 6.07) is 19.4. The third-order valence-corrected chi connectivity index (χ3v) is 5.62. The van der Waals surface area contributed by atoms with Crippen molar-refractivity contribution in [3.8, 4) is 11.5 Å². The van der Waals surface area contributed by atoms with Gasteiger partial charge in [0.1, 0.15) is 17.5 Å². The van der Waals surface area contributed by atoms with Gasteiger partial charge >= 0.3 is 5.97 Å². The molecular formula is C27H25Cl2N3O6. The second kappa shape index (κ2) is 14.0. The average Bonchev–Trinajstić information content (AvgIpc) is 2.89. The number of carboxylic acid groups (broad SMARTS) is 1. The maximum absolute atomic E-state index is 13.0. The Hall–Kier alpha value is -4.08. The van der Waals surface area contributed by atoms with Crippen molar-refractivity contribution in [3.63, 3.8) is 0 Å². The summed E-state index contributed by atoms with van der Waals surface area (Å²) in [5, 5.41) is 16.1. The second-order valence-corrected chi connectivity index (χ2v) is 8.92. The van der Waals surface area contributed by atoms with Gasteiger partial charge in [0.05, 0.1) is 11.2 Å². The standard InChI is InChI=1S/C27H25Cl2N3O6/c1-17(38-24-11-10-20(28)14-22(24)29)26(35)31-23(13-18-6-3-2-4-7-18)27(36)32-30-15-19-8-5-9-21(12-19)37-16-25(33)34/h2-12,14-15,17,23H,13,16H2,1H3,(H,31,35)(H,32,36)(H,33,34)/b30-15-/t17-,23-/m0/s1. The predicted octanol–water partition coefficient (Wildman–Crippen LogP) is 4.10. The molecule has 3 aromatic rings. The lowest BCUT2D eigenvalue weighted by Crippen LogP contribution is -2.50. The van der Waals surface area contributed by atoms with Crippen molar-refractivity contribution in [2.45, 2.75) is 25.5 Å². The van der Waals surface area contributed by atoms with E-state index in [1.54, 1.807) is 36.4 Å². The summed E-state index contributed by atoms with van der Waals surface area (Å²) in [7, 11) is 0. The highest BCUT2D eigenvalue weighted by molar-refractivity contribution is 6.35. The van der Waals surface area contributed by atoms with Crippen molar-refractivity contribution >= 4 is 47.2 Å². The highest BCUT2D eigenvalue weighted by Gasteiger charge is 2.25. The van der Waals surface area contributed by atoms with Crippen molar-refractivity contribution in [2.24, 2.45) is 5.10 Å². The molecule has 0 bridgehead atoms. The fraction of sp³-hybridized carbons (Fsp3) is 0.185. The number of nitrogens with one attached hydrogen (secondary N) is 2. The van der Waals surface area contributed by atoms with Crippen LogP contribution in [0.15, 0.2) is 77.9 Å². The number of benzene rings is 3. The number of hydrogen-bond donors (Lipinski definition) is 3. The van der Waals surface area contributed by atoms with Crippen molar-refractivity contribution in [1.29, 1.82) is 0 Å². The molecular weight excluding hydrogens is 533 g/mol. The molecule has 198 valence electrons. The van der Waals surface area contributed by atoms with E-state index in [0.717, 1.165) is 5.56 Å². The maximum atomic E-state index is 13.0. The predicted molar refractivity (Wildman–Crippen MR) is 144 cm³/mol. The van der Waals surface area contributed by atoms with Crippen LogP contribution < -0.4 is 20.2 Å². The first-order chi connectivity index (χ1) is 18.2. The first-order valence-electron chi connectivity index (χ1n) is 11.4. The molecule has 11 heteroatoms. The SMILES string of the molecule is C[C@H](Oc1ccc(Cl)cc1Cl)C(=O)N[C@@H](Cc1ccccc1)C(=O)N/N=C\c1cccc(OCC(=O)O)c1. The van der Waals surface area contributed by atoms with Gasteiger partial charge in [0.25, 0.3) is 11.8 Å². The molecule has 0 fully saturated rings. The van der Waals surface area contributed by atoms with Gasteiger partial charge in [-0.15, -0.1) is 0 Å². The van der Waals surface area contributed by atoms with E-state index in [1.807, 2.05) is 30.3 Å². The molecule has 0 radical (unpaired) electrons. The van der Waals surface area contributed by atoms with Gasteiger partial charge in [-0.1, -0.05) is 65.7 Å². The van der Waals surface area contributed by atoms with Gasteiger partial charge in [0.2, 0.25) is 0 Å². The first kappa shape index (κ1) is 28.5. The Kier molecular flexibility index (Phi) is 10.5. The lowest BCUT2D eigenvalue weighted by atomic mass is 10.1. The first-order valence-corrected chi connectivity index (χ1v) is 12.2. The summed E-state index contributed by atoms with van der Waals surface area (Å²) in [5.41, 5.74) is 3.83. The van der Waals surface area contributed by atoms with Gasteiger partial charge in [0, 0.05) is 11.4 Å². The summed E-state index contributed by atoms with van der Waals surface area (Å²) in [6.07, 6.45) is 0.624. The number of aliphatic carboxylic acids is 1. The van der Waals surface area contributed by atoms with E-state index in [9.17, 15) is 14.4 Å². The molecule has 0 unspecified atom stereocenters. The number of rotatable bonds is 12. The molecule has 0 aliphatic rings. The third-order valence-electron chi connectivity index (χ3n) is 5.09. The average molecular weight is 558 g/mol. The highest BCUT2D eigenvalue weighted by Crippen LogP contribution is 2.28. The zero-order chi connectivity index (χ0) is 27.5. The zero-order valence-electron chi connectivity index (χ0n) is 20.3. The van der Waals surface area contributed by atoms with E-state index in [1.165, 1.54) is 19.2 Å². The van der Waals surface area contributed by atoms with E-state index in [0.29, 0.717) is 16.3 Å². The Morgan fingerprint density at radius 1 is 1.00 bits per heavy atom. The highest BCUT2D eigenvalue weighted by atomic mass is 35.5. The number of carbonyl (C=O) groups excluding carboxylic acids is 2. The lowest BCUT2D eigenvalue weighted by molar-refractivity contribution is -0.139. The number of hydrazone groups is 1. The Morgan fingerprint density at radius 2 is 1.76 bits per heavy atom. The molecule has 3 aromatic carbocycles. The fourth-order valence-corrected chi connectivity index (χ4v) is 3.69. The molecule has 0 saturated heterocycles. The van der Waals surface area contributed by atoms with Gasteiger partial charge in [-0.25, -0.2) is 10.2 Å². The number of nitrogens with zero attached hydrogens (tertiary/aromatic N) is 1. The van der Waals surface area contributed by atoms with Crippen LogP contribution in [-0.4, -0.2) is 47.9 Å². The second-order valence-electron chi connectivity index (χ2n) is 8.07. The minimum atomic E-state index is -1.10. The topological polar surface area (TPSA) is 126 Å². The molecule has 0 spiro atoms. The molecule has 0 saturated carbocycles. The molecule has 9 nitrogen and oxygen atoms in total. The molecule has 3 rings (SSSR count). The molecule has 2 amide bonds. The van der Waals surface area contributed by atoms with Crippen LogP contribution in [0.4, 0.5) is 0 Å². The number of hydrogen-bond acceptors (Lipinski definition) is 6. The van der Waals surface area contributed by atoms with E-state index < -0.39 is 36.5 Å². The van der Waals surface area contributed by atoms with Crippen molar-refractivity contribution in [3.05, 3.63) is 94.0 Å². The van der Waals surface area contributed by atoms with Crippen LogP contribution in [-0.2, 0) is 20.8 Å². The lowest BCUT2D eigenvalue weighted by Gasteiger charge is -2.21. The summed E-state index contributed by atoms with van der Waals surface area (Å²) in [6.45, 7) is 1.06. The normalized spacial score (nSPS) is 12.4. The smallest absolute Gasteiger partial charge is 0.341 e. The van der Waals surface area contributed by atoms with Crippen LogP contribution in [0.25, 0.3) is 0 Å². The Labute approximate surface area is 229 Å². The quantitative estimate of drug-likeness (QED) is 0.227. The van der Waals surface area contributed by atoms with E-state index in [4.69, 9.17) is 37.8 Å². The van der Waals surface area contributed by atoms with E-state index >= 15 is 0 Å². The molecule has 38 heavy (non-hydrogen) atoms. The van der Waals surface area contributed by atoms with Gasteiger partial charge in [0.15, 0.2) is 12.7 Å². The van der Waals surface area contributed by atoms with E-state index in [-0.39, 0.29) is 17.2 Å². The van der Waals surface area contributed by atoms with Crippen molar-refractivity contribution < 1.29 is 29.0 Å². The van der Waals surface area contributed by atoms with Gasteiger partial charge < -0.3 is 19.9 Å². The number of ether oxygens (including phenoxy) is 2. The van der Waals surface area contributed by atoms with E-state index in [2.05, 4.69) is 15.8 Å². The third kappa shape index (κ3) is 9.10. The van der Waals surface area contributed by atoms with Crippen molar-refractivity contribution in [1.82, 2.24) is 10.7 Å². The summed E-state index contributed by atoms with van der Waals surface area (Å²) in [4.78, 5) is 36.6. The number of halogens is 2. The molecule has 3 N–H and O–H groups in total. The van der Waals surface area contributed by atoms with Crippen LogP contribution in [0.2, 0.25) is 10.0 Å². The molecule has 0 aliphatic carbocycles. The van der Waals surface area contributed by atoms with Gasteiger partial charge in [-0.3, -0.25) is 9.59 Å². The monoisotopic (exact) mass is 557 g/mol. The zero-order valence-corrected chi connectivity index (χ0v) is 21.8. The number of amides is 2. The van der Waals surface area contributed by atoms with Crippen molar-refractivity contribution in [2.75, 3.05) is 6.61 Å². The number of carbonyl (C=O) groups is 3. The minimum absolute atomic E-state index is 0.209. The maximum Gasteiger partial charge on any atom is 0.341 e.